The molecule has 0 aromatic carbocycles. The van der Waals surface area contributed by atoms with E-state index >= 15 is 0 Å². The van der Waals surface area contributed by atoms with Crippen molar-refractivity contribution in [2.75, 3.05) is 6.61 Å². The number of hydrogen-bond acceptors (Lipinski definition) is 3. The number of alkyl halides is 1. The topological polar surface area (TPSA) is 39.9 Å². The second kappa shape index (κ2) is 4.71. The predicted octanol–water partition coefficient (Wildman–Crippen LogP) is 3.56. The number of pyridine rings is 1. The molecular weight excluding hydrogens is 274 g/mol. The molecule has 1 fully saturated rings. The summed E-state index contributed by atoms with van der Waals surface area (Å²) in [6.07, 6.45) is 2.95. The van der Waals surface area contributed by atoms with E-state index in [-0.39, 0.29) is 17.0 Å². The highest BCUT2D eigenvalue weighted by molar-refractivity contribution is 6.20. The number of nitrogens with zero attached hydrogens (tertiary/aromatic N) is 3. The van der Waals surface area contributed by atoms with Gasteiger partial charge in [-0.25, -0.2) is 9.97 Å². The van der Waals surface area contributed by atoms with Gasteiger partial charge in [0.15, 0.2) is 5.65 Å². The summed E-state index contributed by atoms with van der Waals surface area (Å²) < 4.78 is 7.97. The molecule has 0 spiro atoms. The maximum absolute atomic E-state index is 6.36. The largest absolute Gasteiger partial charge is 0.376 e. The van der Waals surface area contributed by atoms with Gasteiger partial charge in [-0.15, -0.1) is 11.6 Å². The number of ether oxygens (including phenoxy) is 1. The van der Waals surface area contributed by atoms with Crippen LogP contribution in [-0.4, -0.2) is 27.2 Å². The lowest BCUT2D eigenvalue weighted by Crippen LogP contribution is -2.38. The van der Waals surface area contributed by atoms with Gasteiger partial charge in [0.1, 0.15) is 11.3 Å². The molecule has 3 unspecified atom stereocenters. The van der Waals surface area contributed by atoms with Gasteiger partial charge in [-0.05, 0) is 45.7 Å². The number of aryl methyl sites for hydroxylation is 1. The Kier molecular flexibility index (Phi) is 3.26. The maximum Gasteiger partial charge on any atom is 0.160 e. The highest BCUT2D eigenvalue weighted by atomic mass is 35.5. The number of halogens is 1. The van der Waals surface area contributed by atoms with E-state index in [1.54, 1.807) is 0 Å². The molecule has 3 rings (SSSR count). The Labute approximate surface area is 124 Å². The quantitative estimate of drug-likeness (QED) is 0.795. The van der Waals surface area contributed by atoms with Gasteiger partial charge in [0.25, 0.3) is 0 Å². The summed E-state index contributed by atoms with van der Waals surface area (Å²) in [4.78, 5) is 9.30. The van der Waals surface area contributed by atoms with Crippen molar-refractivity contribution in [3.8, 4) is 0 Å². The second-order valence-corrected chi connectivity index (χ2v) is 6.55. The molecule has 20 heavy (non-hydrogen) atoms. The molecule has 0 bridgehead atoms. The number of aromatic nitrogens is 3. The van der Waals surface area contributed by atoms with Crippen molar-refractivity contribution in [2.45, 2.75) is 51.1 Å². The molecule has 5 heteroatoms. The second-order valence-electron chi connectivity index (χ2n) is 5.90. The van der Waals surface area contributed by atoms with Crippen LogP contribution in [0.1, 0.15) is 44.0 Å². The smallest absolute Gasteiger partial charge is 0.160 e. The standard InChI is InChI=1S/C15H20ClN3O/c1-9-7-12-14(17-8-9)19(13(18-12)10(2)16)15(4)5-6-20-11(15)3/h7-8,10-11H,5-6H2,1-4H3. The van der Waals surface area contributed by atoms with Crippen LogP contribution in [0, 0.1) is 6.92 Å². The number of rotatable bonds is 2. The van der Waals surface area contributed by atoms with Crippen molar-refractivity contribution in [3.63, 3.8) is 0 Å². The van der Waals surface area contributed by atoms with Crippen LogP contribution in [0.2, 0.25) is 0 Å². The van der Waals surface area contributed by atoms with Crippen LogP contribution in [0.3, 0.4) is 0 Å². The van der Waals surface area contributed by atoms with Gasteiger partial charge in [0.05, 0.1) is 17.0 Å². The molecule has 3 heterocycles. The monoisotopic (exact) mass is 293 g/mol. The fourth-order valence-corrected chi connectivity index (χ4v) is 3.12. The van der Waals surface area contributed by atoms with Crippen LogP contribution in [0.5, 0.6) is 0 Å². The van der Waals surface area contributed by atoms with Crippen LogP contribution in [-0.2, 0) is 10.3 Å². The third kappa shape index (κ3) is 1.93. The molecule has 0 saturated carbocycles. The first-order chi connectivity index (χ1) is 9.43. The van der Waals surface area contributed by atoms with Crippen molar-refractivity contribution in [2.24, 2.45) is 0 Å². The van der Waals surface area contributed by atoms with E-state index in [1.165, 1.54) is 0 Å². The minimum atomic E-state index is -0.158. The molecule has 2 aromatic heterocycles. The minimum absolute atomic E-state index is 0.122. The van der Waals surface area contributed by atoms with Gasteiger partial charge in [-0.2, -0.15) is 0 Å². The molecule has 108 valence electrons. The van der Waals surface area contributed by atoms with Gasteiger partial charge < -0.3 is 9.30 Å². The van der Waals surface area contributed by atoms with Gasteiger partial charge in [-0.1, -0.05) is 0 Å². The van der Waals surface area contributed by atoms with Crippen LogP contribution in [0.25, 0.3) is 11.2 Å². The summed E-state index contributed by atoms with van der Waals surface area (Å²) in [5, 5.41) is -0.158. The molecule has 3 atom stereocenters. The average Bonchev–Trinajstić information content (AvgIpc) is 2.91. The van der Waals surface area contributed by atoms with Gasteiger partial charge >= 0.3 is 0 Å². The Morgan fingerprint density at radius 3 is 2.90 bits per heavy atom. The summed E-state index contributed by atoms with van der Waals surface area (Å²) in [5.41, 5.74) is 2.78. The van der Waals surface area contributed by atoms with Gasteiger partial charge in [0, 0.05) is 12.8 Å². The number of imidazole rings is 1. The van der Waals surface area contributed by atoms with E-state index in [4.69, 9.17) is 21.3 Å². The van der Waals surface area contributed by atoms with Crippen LogP contribution >= 0.6 is 11.6 Å². The Bertz CT molecular complexity index is 652. The van der Waals surface area contributed by atoms with E-state index < -0.39 is 0 Å². The van der Waals surface area contributed by atoms with Crippen molar-refractivity contribution >= 4 is 22.8 Å². The van der Waals surface area contributed by atoms with Gasteiger partial charge in [0.2, 0.25) is 0 Å². The summed E-state index contributed by atoms with van der Waals surface area (Å²) >= 11 is 6.36. The lowest BCUT2D eigenvalue weighted by Gasteiger charge is -2.31. The highest BCUT2D eigenvalue weighted by Gasteiger charge is 2.42. The summed E-state index contributed by atoms with van der Waals surface area (Å²) in [5.74, 6) is 0.875. The molecule has 0 N–H and O–H groups in total. The van der Waals surface area contributed by atoms with Crippen LogP contribution in [0.4, 0.5) is 0 Å². The Balaban J connectivity index is 2.29. The lowest BCUT2D eigenvalue weighted by molar-refractivity contribution is 0.0761. The van der Waals surface area contributed by atoms with Gasteiger partial charge in [-0.3, -0.25) is 0 Å². The predicted molar refractivity (Wildman–Crippen MR) is 80.2 cm³/mol. The number of hydrogen-bond donors (Lipinski definition) is 0. The summed E-state index contributed by atoms with van der Waals surface area (Å²) in [6.45, 7) is 9.05. The van der Waals surface area contributed by atoms with Crippen molar-refractivity contribution in [1.82, 2.24) is 14.5 Å². The Hall–Kier alpha value is -1.13. The van der Waals surface area contributed by atoms with E-state index in [2.05, 4.69) is 29.5 Å². The molecule has 1 saturated heterocycles. The van der Waals surface area contributed by atoms with Crippen LogP contribution < -0.4 is 0 Å². The zero-order valence-electron chi connectivity index (χ0n) is 12.4. The van der Waals surface area contributed by atoms with Crippen molar-refractivity contribution < 1.29 is 4.74 Å². The molecule has 0 radical (unpaired) electrons. The first-order valence-corrected chi connectivity index (χ1v) is 7.48. The molecular formula is C15H20ClN3O. The Morgan fingerprint density at radius 1 is 1.55 bits per heavy atom. The SMILES string of the molecule is Cc1cnc2c(c1)nc(C(C)Cl)n2C1(C)CCOC1C. The lowest BCUT2D eigenvalue weighted by atomic mass is 9.94. The van der Waals surface area contributed by atoms with Crippen molar-refractivity contribution in [3.05, 3.63) is 23.7 Å². The molecule has 0 aliphatic carbocycles. The Morgan fingerprint density at radius 2 is 2.30 bits per heavy atom. The maximum atomic E-state index is 6.36. The van der Waals surface area contributed by atoms with E-state index in [0.717, 1.165) is 35.6 Å². The van der Waals surface area contributed by atoms with E-state index in [0.29, 0.717) is 0 Å². The molecule has 0 amide bonds. The summed E-state index contributed by atoms with van der Waals surface area (Å²) in [7, 11) is 0. The summed E-state index contributed by atoms with van der Waals surface area (Å²) in [6, 6.07) is 2.06. The molecule has 2 aromatic rings. The van der Waals surface area contributed by atoms with Crippen molar-refractivity contribution in [1.29, 1.82) is 0 Å². The van der Waals surface area contributed by atoms with E-state index in [1.807, 2.05) is 20.0 Å². The number of fused-ring (bicyclic) bond motifs is 1. The van der Waals surface area contributed by atoms with Crippen LogP contribution in [0.15, 0.2) is 12.3 Å². The fraction of sp³-hybridized carbons (Fsp3) is 0.600. The molecule has 1 aliphatic rings. The first kappa shape index (κ1) is 13.8. The highest BCUT2D eigenvalue weighted by Crippen LogP contribution is 2.38. The van der Waals surface area contributed by atoms with E-state index in [9.17, 15) is 0 Å². The third-order valence-electron chi connectivity index (χ3n) is 4.38. The normalized spacial score (nSPS) is 28.1. The third-order valence-corrected chi connectivity index (χ3v) is 4.57. The average molecular weight is 294 g/mol. The molecule has 4 nitrogen and oxygen atoms in total. The minimum Gasteiger partial charge on any atom is -0.376 e. The zero-order chi connectivity index (χ0) is 14.5. The zero-order valence-corrected chi connectivity index (χ0v) is 13.1. The fourth-order valence-electron chi connectivity index (χ4n) is 2.97. The first-order valence-electron chi connectivity index (χ1n) is 7.04. The molecule has 1 aliphatic heterocycles.